The zero-order valence-corrected chi connectivity index (χ0v) is 10.4. The first-order valence-electron chi connectivity index (χ1n) is 6.25. The lowest BCUT2D eigenvalue weighted by molar-refractivity contribution is -0.132. The number of nitrogens with one attached hydrogen (secondary N) is 1. The summed E-state index contributed by atoms with van der Waals surface area (Å²) in [5.74, 6) is 0.133. The predicted octanol–water partition coefficient (Wildman–Crippen LogP) is 0.748. The maximum atomic E-state index is 11.8. The third kappa shape index (κ3) is 4.10. The summed E-state index contributed by atoms with van der Waals surface area (Å²) in [5, 5.41) is 12.4. The Kier molecular flexibility index (Phi) is 5.77. The second-order valence-corrected chi connectivity index (χ2v) is 4.72. The number of carbonyl (C=O) groups excluding carboxylic acids is 1. The molecule has 0 spiro atoms. The van der Waals surface area contributed by atoms with E-state index in [1.807, 2.05) is 6.92 Å². The van der Waals surface area contributed by atoms with Gasteiger partial charge < -0.3 is 15.3 Å². The Balaban J connectivity index is 2.23. The van der Waals surface area contributed by atoms with Crippen molar-refractivity contribution in [2.75, 3.05) is 20.2 Å². The van der Waals surface area contributed by atoms with Crippen molar-refractivity contribution in [1.82, 2.24) is 10.2 Å². The van der Waals surface area contributed by atoms with Crippen LogP contribution in [-0.2, 0) is 4.79 Å². The van der Waals surface area contributed by atoms with Crippen LogP contribution in [0.3, 0.4) is 0 Å². The molecular weight excluding hydrogens is 204 g/mol. The molecule has 0 bridgehead atoms. The molecule has 1 heterocycles. The number of amides is 1. The molecule has 0 aromatic carbocycles. The Bertz CT molecular complexity index is 215. The van der Waals surface area contributed by atoms with Crippen LogP contribution in [0.1, 0.15) is 39.0 Å². The van der Waals surface area contributed by atoms with Gasteiger partial charge in [0, 0.05) is 19.5 Å². The molecule has 0 saturated carbocycles. The standard InChI is InChI=1S/C12H24N2O2/c1-10(9-15)14(2)12(16)7-6-11-5-3-4-8-13-11/h10-11,13,15H,3-9H2,1-2H3. The van der Waals surface area contributed by atoms with Crippen molar-refractivity contribution in [1.29, 1.82) is 0 Å². The van der Waals surface area contributed by atoms with E-state index in [0.717, 1.165) is 13.0 Å². The number of aliphatic hydroxyl groups is 1. The largest absolute Gasteiger partial charge is 0.394 e. The minimum absolute atomic E-state index is 0.0317. The van der Waals surface area contributed by atoms with Crippen molar-refractivity contribution in [3.63, 3.8) is 0 Å². The number of hydrogen-bond donors (Lipinski definition) is 2. The number of nitrogens with zero attached hydrogens (tertiary/aromatic N) is 1. The van der Waals surface area contributed by atoms with E-state index in [2.05, 4.69) is 5.32 Å². The molecule has 1 rings (SSSR count). The van der Waals surface area contributed by atoms with Crippen LogP contribution in [0.4, 0.5) is 0 Å². The average molecular weight is 228 g/mol. The third-order valence-corrected chi connectivity index (χ3v) is 3.44. The number of aliphatic hydroxyl groups excluding tert-OH is 1. The SMILES string of the molecule is CC(CO)N(C)C(=O)CCC1CCCCN1. The van der Waals surface area contributed by atoms with E-state index in [9.17, 15) is 4.79 Å². The monoisotopic (exact) mass is 228 g/mol. The Morgan fingerprint density at radius 1 is 1.56 bits per heavy atom. The smallest absolute Gasteiger partial charge is 0.222 e. The number of carbonyl (C=O) groups is 1. The van der Waals surface area contributed by atoms with E-state index < -0.39 is 0 Å². The molecule has 4 heteroatoms. The molecule has 2 unspecified atom stereocenters. The fourth-order valence-corrected chi connectivity index (χ4v) is 2.01. The molecule has 0 aliphatic carbocycles. The lowest BCUT2D eigenvalue weighted by atomic mass is 10.0. The highest BCUT2D eigenvalue weighted by Crippen LogP contribution is 2.12. The van der Waals surface area contributed by atoms with Gasteiger partial charge in [0.05, 0.1) is 12.6 Å². The minimum Gasteiger partial charge on any atom is -0.394 e. The maximum Gasteiger partial charge on any atom is 0.222 e. The van der Waals surface area contributed by atoms with Gasteiger partial charge in [0.1, 0.15) is 0 Å². The second kappa shape index (κ2) is 6.86. The summed E-state index contributed by atoms with van der Waals surface area (Å²) < 4.78 is 0. The summed E-state index contributed by atoms with van der Waals surface area (Å²) >= 11 is 0. The van der Waals surface area contributed by atoms with Gasteiger partial charge in [0.25, 0.3) is 0 Å². The number of piperidine rings is 1. The molecule has 2 atom stereocenters. The van der Waals surface area contributed by atoms with Gasteiger partial charge in [-0.1, -0.05) is 6.42 Å². The van der Waals surface area contributed by atoms with Gasteiger partial charge >= 0.3 is 0 Å². The van der Waals surface area contributed by atoms with Crippen LogP contribution >= 0.6 is 0 Å². The van der Waals surface area contributed by atoms with E-state index in [0.29, 0.717) is 12.5 Å². The van der Waals surface area contributed by atoms with Crippen LogP contribution in [0.15, 0.2) is 0 Å². The first-order chi connectivity index (χ1) is 7.65. The molecule has 4 nitrogen and oxygen atoms in total. The molecule has 94 valence electrons. The molecule has 0 radical (unpaired) electrons. The van der Waals surface area contributed by atoms with Crippen molar-refractivity contribution in [3.05, 3.63) is 0 Å². The van der Waals surface area contributed by atoms with Gasteiger partial charge in [0.2, 0.25) is 5.91 Å². The second-order valence-electron chi connectivity index (χ2n) is 4.72. The Morgan fingerprint density at radius 2 is 2.31 bits per heavy atom. The Morgan fingerprint density at radius 3 is 2.88 bits per heavy atom. The molecule has 1 saturated heterocycles. The van der Waals surface area contributed by atoms with E-state index in [4.69, 9.17) is 5.11 Å². The van der Waals surface area contributed by atoms with Crippen molar-refractivity contribution in [3.8, 4) is 0 Å². The summed E-state index contributed by atoms with van der Waals surface area (Å²) in [4.78, 5) is 13.4. The lowest BCUT2D eigenvalue weighted by Gasteiger charge is -2.26. The highest BCUT2D eigenvalue weighted by molar-refractivity contribution is 5.76. The molecule has 16 heavy (non-hydrogen) atoms. The van der Waals surface area contributed by atoms with Gasteiger partial charge in [-0.3, -0.25) is 4.79 Å². The molecule has 0 aromatic heterocycles. The highest BCUT2D eigenvalue weighted by atomic mass is 16.3. The normalized spacial score (nSPS) is 22.8. The topological polar surface area (TPSA) is 52.6 Å². The Labute approximate surface area is 98.0 Å². The third-order valence-electron chi connectivity index (χ3n) is 3.44. The summed E-state index contributed by atoms with van der Waals surface area (Å²) in [6.07, 6.45) is 5.22. The van der Waals surface area contributed by atoms with Crippen molar-refractivity contribution in [2.24, 2.45) is 0 Å². The molecule has 1 amide bonds. The maximum absolute atomic E-state index is 11.8. The zero-order chi connectivity index (χ0) is 12.0. The van der Waals surface area contributed by atoms with Crippen LogP contribution in [0.25, 0.3) is 0 Å². The summed E-state index contributed by atoms with van der Waals surface area (Å²) in [6.45, 7) is 2.97. The van der Waals surface area contributed by atoms with E-state index in [1.54, 1.807) is 11.9 Å². The van der Waals surface area contributed by atoms with E-state index in [1.165, 1.54) is 19.3 Å². The van der Waals surface area contributed by atoms with Gasteiger partial charge in [-0.05, 0) is 32.7 Å². The van der Waals surface area contributed by atoms with Gasteiger partial charge in [0.15, 0.2) is 0 Å². The summed E-state index contributed by atoms with van der Waals surface area (Å²) in [6, 6.07) is 0.433. The van der Waals surface area contributed by atoms with Crippen molar-refractivity contribution >= 4 is 5.91 Å². The molecular formula is C12H24N2O2. The molecule has 1 aliphatic heterocycles. The van der Waals surface area contributed by atoms with Gasteiger partial charge in [-0.25, -0.2) is 0 Å². The molecule has 1 aliphatic rings. The van der Waals surface area contributed by atoms with E-state index in [-0.39, 0.29) is 18.6 Å². The van der Waals surface area contributed by atoms with Crippen LogP contribution in [0.2, 0.25) is 0 Å². The van der Waals surface area contributed by atoms with Crippen LogP contribution in [0, 0.1) is 0 Å². The number of likely N-dealkylation sites (N-methyl/N-ethyl adjacent to an activating group) is 1. The zero-order valence-electron chi connectivity index (χ0n) is 10.4. The fourth-order valence-electron chi connectivity index (χ4n) is 2.01. The molecule has 0 aromatic rings. The lowest BCUT2D eigenvalue weighted by Crippen LogP contribution is -2.39. The first-order valence-corrected chi connectivity index (χ1v) is 6.25. The summed E-state index contributed by atoms with van der Waals surface area (Å²) in [7, 11) is 1.76. The quantitative estimate of drug-likeness (QED) is 0.730. The van der Waals surface area contributed by atoms with E-state index >= 15 is 0 Å². The number of hydrogen-bond acceptors (Lipinski definition) is 3. The first kappa shape index (κ1) is 13.5. The molecule has 1 fully saturated rings. The van der Waals surface area contributed by atoms with Crippen LogP contribution in [-0.4, -0.2) is 48.2 Å². The van der Waals surface area contributed by atoms with Crippen LogP contribution in [0.5, 0.6) is 0 Å². The minimum atomic E-state index is -0.0770. The average Bonchev–Trinajstić information content (AvgIpc) is 2.35. The predicted molar refractivity (Wildman–Crippen MR) is 64.2 cm³/mol. The fraction of sp³-hybridized carbons (Fsp3) is 0.917. The molecule has 2 N–H and O–H groups in total. The van der Waals surface area contributed by atoms with Crippen molar-refractivity contribution in [2.45, 2.75) is 51.1 Å². The highest BCUT2D eigenvalue weighted by Gasteiger charge is 2.18. The van der Waals surface area contributed by atoms with Crippen molar-refractivity contribution < 1.29 is 9.90 Å². The van der Waals surface area contributed by atoms with Gasteiger partial charge in [-0.2, -0.15) is 0 Å². The van der Waals surface area contributed by atoms with Crippen LogP contribution < -0.4 is 5.32 Å². The van der Waals surface area contributed by atoms with Gasteiger partial charge in [-0.15, -0.1) is 0 Å². The number of rotatable bonds is 5. The Hall–Kier alpha value is -0.610. The summed E-state index contributed by atoms with van der Waals surface area (Å²) in [5.41, 5.74) is 0.